The van der Waals surface area contributed by atoms with Gasteiger partial charge in [-0.2, -0.15) is 0 Å². The number of aromatic nitrogens is 1. The van der Waals surface area contributed by atoms with Crippen molar-refractivity contribution in [3.05, 3.63) is 28.0 Å². The van der Waals surface area contributed by atoms with Gasteiger partial charge in [-0.25, -0.2) is 0 Å². The van der Waals surface area contributed by atoms with Crippen molar-refractivity contribution in [2.45, 2.75) is 19.9 Å². The molecule has 2 heterocycles. The molecule has 1 aromatic heterocycles. The molecule has 1 N–H and O–H groups in total. The topological polar surface area (TPSA) is 37.3 Å². The summed E-state index contributed by atoms with van der Waals surface area (Å²) in [4.78, 5) is 8.58. The van der Waals surface area contributed by atoms with Crippen LogP contribution in [0.5, 0.6) is 0 Å². The van der Waals surface area contributed by atoms with Gasteiger partial charge in [-0.15, -0.1) is 0 Å². The maximum absolute atomic E-state index is 4.43. The van der Waals surface area contributed by atoms with Crippen LogP contribution >= 0.6 is 15.9 Å². The van der Waals surface area contributed by atoms with Crippen LogP contribution in [0.3, 0.4) is 0 Å². The van der Waals surface area contributed by atoms with Gasteiger partial charge < -0.3 is 5.32 Å². The molecule has 0 saturated heterocycles. The fourth-order valence-electron chi connectivity index (χ4n) is 1.45. The maximum Gasteiger partial charge on any atom is 0.130 e. The molecule has 1 aliphatic rings. The van der Waals surface area contributed by atoms with Crippen LogP contribution in [0.1, 0.15) is 18.1 Å². The molecule has 1 atom stereocenters. The van der Waals surface area contributed by atoms with Crippen LogP contribution in [-0.2, 0) is 0 Å². The Balaban J connectivity index is 2.38. The normalized spacial score (nSPS) is 20.5. The third-order valence-electron chi connectivity index (χ3n) is 2.32. The number of pyridine rings is 1. The number of nitrogens with zero attached hydrogens (tertiary/aromatic N) is 2. The van der Waals surface area contributed by atoms with Crippen LogP contribution in [0.25, 0.3) is 0 Å². The zero-order valence-corrected chi connectivity index (χ0v) is 9.80. The molecule has 0 spiro atoms. The van der Waals surface area contributed by atoms with E-state index in [1.807, 2.05) is 6.20 Å². The lowest BCUT2D eigenvalue weighted by molar-refractivity contribution is 0.726. The van der Waals surface area contributed by atoms with E-state index in [-0.39, 0.29) is 0 Å². The smallest absolute Gasteiger partial charge is 0.130 e. The predicted molar refractivity (Wildman–Crippen MR) is 60.7 cm³/mol. The minimum Gasteiger partial charge on any atom is -0.366 e. The highest BCUT2D eigenvalue weighted by Gasteiger charge is 2.16. The second-order valence-corrected chi connectivity index (χ2v) is 4.38. The van der Waals surface area contributed by atoms with E-state index in [4.69, 9.17) is 0 Å². The Morgan fingerprint density at radius 1 is 1.50 bits per heavy atom. The summed E-state index contributed by atoms with van der Waals surface area (Å²) >= 11 is 3.46. The molecule has 0 aromatic carbocycles. The van der Waals surface area contributed by atoms with Gasteiger partial charge in [0, 0.05) is 28.5 Å². The van der Waals surface area contributed by atoms with Crippen molar-refractivity contribution in [2.75, 3.05) is 6.54 Å². The predicted octanol–water partition coefficient (Wildman–Crippen LogP) is 1.89. The van der Waals surface area contributed by atoms with Crippen LogP contribution in [0, 0.1) is 6.92 Å². The summed E-state index contributed by atoms with van der Waals surface area (Å²) in [7, 11) is 0. The number of aliphatic imine (C=N–C) groups is 1. The molecule has 3 nitrogen and oxygen atoms in total. The number of hydrogen-bond acceptors (Lipinski definition) is 3. The van der Waals surface area contributed by atoms with Crippen LogP contribution < -0.4 is 5.32 Å². The number of halogens is 1. The lowest BCUT2D eigenvalue weighted by atomic mass is 10.1. The van der Waals surface area contributed by atoms with Gasteiger partial charge in [0.25, 0.3) is 0 Å². The van der Waals surface area contributed by atoms with Crippen molar-refractivity contribution in [1.82, 2.24) is 10.3 Å². The summed E-state index contributed by atoms with van der Waals surface area (Å²) in [6.45, 7) is 5.03. The summed E-state index contributed by atoms with van der Waals surface area (Å²) in [5, 5.41) is 3.33. The molecule has 4 heteroatoms. The minimum absolute atomic E-state index is 0.434. The number of amidine groups is 1. The second kappa shape index (κ2) is 3.69. The van der Waals surface area contributed by atoms with Gasteiger partial charge in [0.05, 0.1) is 6.54 Å². The van der Waals surface area contributed by atoms with Gasteiger partial charge in [-0.1, -0.05) is 0 Å². The summed E-state index contributed by atoms with van der Waals surface area (Å²) in [6, 6.07) is 0.434. The molecule has 74 valence electrons. The third kappa shape index (κ3) is 1.66. The van der Waals surface area contributed by atoms with Crippen LogP contribution in [-0.4, -0.2) is 23.4 Å². The first-order valence-electron chi connectivity index (χ1n) is 4.60. The second-order valence-electron chi connectivity index (χ2n) is 3.53. The van der Waals surface area contributed by atoms with Gasteiger partial charge >= 0.3 is 0 Å². The molecule has 14 heavy (non-hydrogen) atoms. The standard InChI is InChI=1S/C10H12BrN3/c1-6-3-13-10(14-6)8-4-12-5-9(11)7(8)2/h4-6H,3H2,1-2H3,(H,13,14). The van der Waals surface area contributed by atoms with Gasteiger partial charge in [0.15, 0.2) is 0 Å². The highest BCUT2D eigenvalue weighted by Crippen LogP contribution is 2.19. The van der Waals surface area contributed by atoms with Crippen LogP contribution in [0.2, 0.25) is 0 Å². The fourth-order valence-corrected chi connectivity index (χ4v) is 1.79. The zero-order valence-electron chi connectivity index (χ0n) is 8.21. The van der Waals surface area contributed by atoms with E-state index >= 15 is 0 Å². The van der Waals surface area contributed by atoms with Crippen LogP contribution in [0.15, 0.2) is 21.9 Å². The van der Waals surface area contributed by atoms with Crippen LogP contribution in [0.4, 0.5) is 0 Å². The monoisotopic (exact) mass is 253 g/mol. The lowest BCUT2D eigenvalue weighted by Crippen LogP contribution is -2.28. The molecular weight excluding hydrogens is 242 g/mol. The van der Waals surface area contributed by atoms with E-state index in [9.17, 15) is 0 Å². The molecule has 0 aliphatic carbocycles. The quantitative estimate of drug-likeness (QED) is 0.830. The Kier molecular flexibility index (Phi) is 2.54. The Bertz CT molecular complexity index is 387. The Morgan fingerprint density at radius 3 is 2.93 bits per heavy atom. The van der Waals surface area contributed by atoms with E-state index in [0.29, 0.717) is 6.04 Å². The average molecular weight is 254 g/mol. The number of nitrogens with one attached hydrogen (secondary N) is 1. The summed E-state index contributed by atoms with van der Waals surface area (Å²) in [5.74, 6) is 0.962. The van der Waals surface area contributed by atoms with E-state index in [1.165, 1.54) is 5.56 Å². The third-order valence-corrected chi connectivity index (χ3v) is 3.11. The Morgan fingerprint density at radius 2 is 2.29 bits per heavy atom. The van der Waals surface area contributed by atoms with Gasteiger partial charge in [0.2, 0.25) is 0 Å². The summed E-state index contributed by atoms with van der Waals surface area (Å²) in [5.41, 5.74) is 2.27. The minimum atomic E-state index is 0.434. The first kappa shape index (κ1) is 9.65. The van der Waals surface area contributed by atoms with E-state index in [1.54, 1.807) is 6.20 Å². The molecule has 0 radical (unpaired) electrons. The van der Waals surface area contributed by atoms with E-state index < -0.39 is 0 Å². The van der Waals surface area contributed by atoms with Crippen molar-refractivity contribution >= 4 is 21.8 Å². The maximum atomic E-state index is 4.43. The molecule has 2 rings (SSSR count). The van der Waals surface area contributed by atoms with Crippen molar-refractivity contribution in [3.8, 4) is 0 Å². The molecule has 0 saturated carbocycles. The largest absolute Gasteiger partial charge is 0.366 e. The SMILES string of the molecule is Cc1c(Br)cncc1C1=NCC(C)N1. The highest BCUT2D eigenvalue weighted by atomic mass is 79.9. The molecule has 1 aliphatic heterocycles. The first-order valence-corrected chi connectivity index (χ1v) is 5.39. The molecule has 1 unspecified atom stereocenters. The van der Waals surface area contributed by atoms with Crippen molar-refractivity contribution in [3.63, 3.8) is 0 Å². The first-order chi connectivity index (χ1) is 6.68. The highest BCUT2D eigenvalue weighted by molar-refractivity contribution is 9.10. The van der Waals surface area contributed by atoms with E-state index in [2.05, 4.69) is 45.1 Å². The fraction of sp³-hybridized carbons (Fsp3) is 0.400. The lowest BCUT2D eigenvalue weighted by Gasteiger charge is -2.09. The molecule has 0 bridgehead atoms. The number of hydrogen-bond donors (Lipinski definition) is 1. The van der Waals surface area contributed by atoms with Crippen molar-refractivity contribution in [2.24, 2.45) is 4.99 Å². The average Bonchev–Trinajstić information content (AvgIpc) is 2.57. The van der Waals surface area contributed by atoms with Gasteiger partial charge in [0.1, 0.15) is 5.84 Å². The molecule has 0 amide bonds. The summed E-state index contributed by atoms with van der Waals surface area (Å²) < 4.78 is 1.03. The number of rotatable bonds is 1. The van der Waals surface area contributed by atoms with Gasteiger partial charge in [-0.3, -0.25) is 9.98 Å². The van der Waals surface area contributed by atoms with Crippen molar-refractivity contribution in [1.29, 1.82) is 0 Å². The zero-order chi connectivity index (χ0) is 10.1. The van der Waals surface area contributed by atoms with Crippen molar-refractivity contribution < 1.29 is 0 Å². The van der Waals surface area contributed by atoms with Gasteiger partial charge in [-0.05, 0) is 35.3 Å². The molecule has 1 aromatic rings. The molecule has 0 fully saturated rings. The summed E-state index contributed by atoms with van der Waals surface area (Å²) in [6.07, 6.45) is 3.65. The Labute approximate surface area is 91.8 Å². The van der Waals surface area contributed by atoms with E-state index in [0.717, 1.165) is 22.4 Å². The molecular formula is C10H12BrN3. The Hall–Kier alpha value is -0.900.